The molecule has 31 heavy (non-hydrogen) atoms. The van der Waals surface area contributed by atoms with Crippen molar-refractivity contribution >= 4 is 50.1 Å². The van der Waals surface area contributed by atoms with Crippen molar-refractivity contribution in [1.29, 1.82) is 0 Å². The van der Waals surface area contributed by atoms with Crippen molar-refractivity contribution in [1.82, 2.24) is 14.5 Å². The van der Waals surface area contributed by atoms with Crippen LogP contribution in [0.1, 0.15) is 19.4 Å². The third kappa shape index (κ3) is 5.56. The van der Waals surface area contributed by atoms with Gasteiger partial charge in [0.25, 0.3) is 0 Å². The van der Waals surface area contributed by atoms with Gasteiger partial charge in [-0.1, -0.05) is 67.1 Å². The van der Waals surface area contributed by atoms with Crippen LogP contribution in [0.3, 0.4) is 0 Å². The molecule has 0 aliphatic rings. The van der Waals surface area contributed by atoms with Crippen LogP contribution in [0.25, 0.3) is 16.6 Å². The van der Waals surface area contributed by atoms with Gasteiger partial charge in [-0.2, -0.15) is 4.31 Å². The number of carbonyl (C=O) groups excluding carboxylic acids is 1. The maximum atomic E-state index is 12.5. The van der Waals surface area contributed by atoms with Gasteiger partial charge in [-0.05, 0) is 29.8 Å². The second-order valence-corrected chi connectivity index (χ2v) is 9.70. The molecule has 1 amide bonds. The summed E-state index contributed by atoms with van der Waals surface area (Å²) in [5.74, 6) is -0.373. The molecule has 1 N–H and O–H groups in total. The second-order valence-electron chi connectivity index (χ2n) is 6.37. The number of rotatable bonds is 8. The van der Waals surface area contributed by atoms with Gasteiger partial charge in [0, 0.05) is 24.7 Å². The van der Waals surface area contributed by atoms with Crippen molar-refractivity contribution in [2.45, 2.75) is 18.7 Å². The zero-order valence-corrected chi connectivity index (χ0v) is 19.3. The Kier molecular flexibility index (Phi) is 7.55. The fourth-order valence-corrected chi connectivity index (χ4v) is 5.32. The van der Waals surface area contributed by atoms with Crippen molar-refractivity contribution in [3.63, 3.8) is 0 Å². The molecule has 0 bridgehead atoms. The molecular weight excluding hydrogens is 456 g/mol. The number of anilines is 1. The summed E-state index contributed by atoms with van der Waals surface area (Å²) in [5, 5.41) is 12.2. The fraction of sp³-hybridized carbons (Fsp3) is 0.190. The average Bonchev–Trinajstić information content (AvgIpc) is 3.21. The summed E-state index contributed by atoms with van der Waals surface area (Å²) in [4.78, 5) is 12.4. The number of aromatic nitrogens is 2. The first-order valence-corrected chi connectivity index (χ1v) is 12.2. The maximum absolute atomic E-state index is 12.5. The summed E-state index contributed by atoms with van der Waals surface area (Å²) in [6, 6.07) is 13.6. The predicted molar refractivity (Wildman–Crippen MR) is 125 cm³/mol. The van der Waals surface area contributed by atoms with E-state index in [0.29, 0.717) is 33.8 Å². The number of sulfonamides is 1. The zero-order valence-electron chi connectivity index (χ0n) is 16.9. The lowest BCUT2D eigenvalue weighted by Crippen LogP contribution is -2.30. The van der Waals surface area contributed by atoms with E-state index in [-0.39, 0.29) is 10.8 Å². The Morgan fingerprint density at radius 2 is 1.77 bits per heavy atom. The van der Waals surface area contributed by atoms with Crippen molar-refractivity contribution in [2.75, 3.05) is 18.4 Å². The minimum Gasteiger partial charge on any atom is -0.297 e. The first kappa shape index (κ1) is 23.1. The maximum Gasteiger partial charge on any atom is 0.250 e. The number of hydrogen-bond donors (Lipinski definition) is 1. The van der Waals surface area contributed by atoms with Crippen LogP contribution in [0.5, 0.6) is 0 Å². The highest BCUT2D eigenvalue weighted by atomic mass is 35.5. The Labute approximate surface area is 190 Å². The summed E-state index contributed by atoms with van der Waals surface area (Å²) in [5.41, 5.74) is 1.44. The monoisotopic (exact) mass is 476 g/mol. The van der Waals surface area contributed by atoms with Gasteiger partial charge in [0.15, 0.2) is 5.01 Å². The topological polar surface area (TPSA) is 92.3 Å². The SMILES string of the molecule is CCN(CC)S(=O)(=O)c1ccc(/C=C/C(=O)Nc2nnc(-c3ccccc3Cl)s2)cc1. The molecular formula is C21H21ClN4O3S2. The lowest BCUT2D eigenvalue weighted by Gasteiger charge is -2.18. The molecule has 2 aromatic carbocycles. The number of carbonyl (C=O) groups is 1. The number of amides is 1. The third-order valence-electron chi connectivity index (χ3n) is 4.41. The van der Waals surface area contributed by atoms with Crippen LogP contribution in [-0.2, 0) is 14.8 Å². The normalized spacial score (nSPS) is 11.9. The first-order chi connectivity index (χ1) is 14.8. The quantitative estimate of drug-likeness (QED) is 0.482. The van der Waals surface area contributed by atoms with E-state index in [1.54, 1.807) is 38.1 Å². The summed E-state index contributed by atoms with van der Waals surface area (Å²) >= 11 is 7.38. The van der Waals surface area contributed by atoms with E-state index >= 15 is 0 Å². The second kappa shape index (κ2) is 10.1. The number of hydrogen-bond acceptors (Lipinski definition) is 6. The smallest absolute Gasteiger partial charge is 0.250 e. The number of halogens is 1. The highest BCUT2D eigenvalue weighted by Crippen LogP contribution is 2.31. The fourth-order valence-electron chi connectivity index (χ4n) is 2.80. The van der Waals surface area contributed by atoms with Crippen LogP contribution >= 0.6 is 22.9 Å². The van der Waals surface area contributed by atoms with Gasteiger partial charge in [-0.25, -0.2) is 8.42 Å². The third-order valence-corrected chi connectivity index (χ3v) is 7.68. The summed E-state index contributed by atoms with van der Waals surface area (Å²) < 4.78 is 26.4. The van der Waals surface area contributed by atoms with E-state index in [1.807, 2.05) is 18.2 Å². The van der Waals surface area contributed by atoms with Gasteiger partial charge in [0.05, 0.1) is 9.92 Å². The Bertz CT molecular complexity index is 1190. The molecule has 0 atom stereocenters. The molecule has 0 radical (unpaired) electrons. The highest BCUT2D eigenvalue weighted by molar-refractivity contribution is 7.89. The molecule has 3 rings (SSSR count). The number of benzene rings is 2. The number of nitrogens with one attached hydrogen (secondary N) is 1. The van der Waals surface area contributed by atoms with Crippen molar-refractivity contribution in [3.05, 3.63) is 65.2 Å². The Hall–Kier alpha value is -2.59. The van der Waals surface area contributed by atoms with Crippen LogP contribution in [-0.4, -0.2) is 41.9 Å². The molecule has 1 aromatic heterocycles. The van der Waals surface area contributed by atoms with E-state index in [0.717, 1.165) is 5.56 Å². The largest absolute Gasteiger partial charge is 0.297 e. The predicted octanol–water partition coefficient (Wildman–Crippen LogP) is 4.54. The van der Waals surface area contributed by atoms with E-state index in [2.05, 4.69) is 15.5 Å². The molecule has 162 valence electrons. The van der Waals surface area contributed by atoms with E-state index in [4.69, 9.17) is 11.6 Å². The molecule has 1 heterocycles. The van der Waals surface area contributed by atoms with E-state index in [1.165, 1.54) is 33.9 Å². The standard InChI is InChI=1S/C21H21ClN4O3S2/c1-3-26(4-2)31(28,29)16-12-9-15(10-13-16)11-14-19(27)23-21-25-24-20(30-21)17-7-5-6-8-18(17)22/h5-14H,3-4H2,1-2H3,(H,23,25,27)/b14-11+. The molecule has 0 spiro atoms. The van der Waals surface area contributed by atoms with Crippen LogP contribution in [0, 0.1) is 0 Å². The van der Waals surface area contributed by atoms with Crippen molar-refractivity contribution < 1.29 is 13.2 Å². The van der Waals surface area contributed by atoms with E-state index in [9.17, 15) is 13.2 Å². The molecule has 7 nitrogen and oxygen atoms in total. The Morgan fingerprint density at radius 3 is 2.42 bits per heavy atom. The lowest BCUT2D eigenvalue weighted by atomic mass is 10.2. The molecule has 0 saturated carbocycles. The van der Waals surface area contributed by atoms with Gasteiger partial charge < -0.3 is 0 Å². The van der Waals surface area contributed by atoms with Crippen LogP contribution in [0.2, 0.25) is 5.02 Å². The summed E-state index contributed by atoms with van der Waals surface area (Å²) in [6.07, 6.45) is 2.95. The highest BCUT2D eigenvalue weighted by Gasteiger charge is 2.21. The molecule has 0 saturated heterocycles. The van der Waals surface area contributed by atoms with Crippen molar-refractivity contribution in [3.8, 4) is 10.6 Å². The van der Waals surface area contributed by atoms with Crippen molar-refractivity contribution in [2.24, 2.45) is 0 Å². The minimum absolute atomic E-state index is 0.221. The van der Waals surface area contributed by atoms with Gasteiger partial charge in [-0.15, -0.1) is 10.2 Å². The van der Waals surface area contributed by atoms with Crippen LogP contribution in [0.4, 0.5) is 5.13 Å². The molecule has 0 unspecified atom stereocenters. The minimum atomic E-state index is -3.51. The lowest BCUT2D eigenvalue weighted by molar-refractivity contribution is -0.111. The summed E-state index contributed by atoms with van der Waals surface area (Å²) in [6.45, 7) is 4.41. The number of nitrogens with zero attached hydrogens (tertiary/aromatic N) is 3. The zero-order chi connectivity index (χ0) is 22.4. The van der Waals surface area contributed by atoms with Gasteiger partial charge in [-0.3, -0.25) is 10.1 Å². The first-order valence-electron chi connectivity index (χ1n) is 9.52. The van der Waals surface area contributed by atoms with Crippen LogP contribution < -0.4 is 5.32 Å². The Balaban J connectivity index is 1.65. The molecule has 0 fully saturated rings. The van der Waals surface area contributed by atoms with Crippen LogP contribution in [0.15, 0.2) is 59.5 Å². The van der Waals surface area contributed by atoms with Gasteiger partial charge >= 0.3 is 0 Å². The van der Waals surface area contributed by atoms with Gasteiger partial charge in [0.2, 0.25) is 21.1 Å². The molecule has 0 aliphatic heterocycles. The summed E-state index contributed by atoms with van der Waals surface area (Å²) in [7, 11) is -3.51. The Morgan fingerprint density at radius 1 is 1.10 bits per heavy atom. The molecule has 0 aliphatic carbocycles. The molecule has 3 aromatic rings. The molecule has 10 heteroatoms. The van der Waals surface area contributed by atoms with Gasteiger partial charge in [0.1, 0.15) is 0 Å². The van der Waals surface area contributed by atoms with E-state index < -0.39 is 10.0 Å². The average molecular weight is 477 g/mol.